The summed E-state index contributed by atoms with van der Waals surface area (Å²) in [4.78, 5) is 11.9. The molecule has 0 N–H and O–H groups in total. The van der Waals surface area contributed by atoms with Crippen molar-refractivity contribution in [1.29, 1.82) is 0 Å². The lowest BCUT2D eigenvalue weighted by molar-refractivity contribution is 0.102. The van der Waals surface area contributed by atoms with Crippen LogP contribution in [-0.2, 0) is 6.54 Å². The van der Waals surface area contributed by atoms with Crippen LogP contribution in [0.1, 0.15) is 23.1 Å². The van der Waals surface area contributed by atoms with E-state index >= 15 is 0 Å². The predicted octanol–water partition coefficient (Wildman–Crippen LogP) is 1.64. The molecule has 0 aliphatic rings. The minimum Gasteiger partial charge on any atom is -0.285 e. The molecule has 0 amide bonds. The molecule has 0 unspecified atom stereocenters. The molecule has 2 aromatic rings. The van der Waals surface area contributed by atoms with Crippen molar-refractivity contribution >= 4 is 29.1 Å². The molecule has 5 nitrogen and oxygen atoms in total. The van der Waals surface area contributed by atoms with Gasteiger partial charge in [0.15, 0.2) is 0 Å². The van der Waals surface area contributed by atoms with Crippen molar-refractivity contribution in [3.63, 3.8) is 0 Å². The Morgan fingerprint density at radius 1 is 1.60 bits per heavy atom. The highest BCUT2D eigenvalue weighted by molar-refractivity contribution is 6.99. The number of aryl methyl sites for hydroxylation is 1. The van der Waals surface area contributed by atoms with E-state index in [-0.39, 0.29) is 5.78 Å². The molecule has 15 heavy (non-hydrogen) atoms. The second kappa shape index (κ2) is 4.08. The Bertz CT molecular complexity index is 479. The van der Waals surface area contributed by atoms with Gasteiger partial charge in [-0.3, -0.25) is 9.48 Å². The minimum atomic E-state index is -0.242. The third-order valence-corrected chi connectivity index (χ3v) is 2.66. The maximum atomic E-state index is 11.9. The normalized spacial score (nSPS) is 10.5. The number of rotatable bonds is 3. The summed E-state index contributed by atoms with van der Waals surface area (Å²) < 4.78 is 9.19. The first kappa shape index (κ1) is 10.3. The zero-order valence-corrected chi connectivity index (χ0v) is 9.42. The maximum absolute atomic E-state index is 11.9. The molecule has 2 heterocycles. The standard InChI is InChI=1S/C8H7ClN4OS/c1-2-13-7(5(9)3-10-13)8(14)6-4-11-15-12-6/h3-4H,2H2,1H3. The Labute approximate surface area is 95.0 Å². The monoisotopic (exact) mass is 242 g/mol. The zero-order chi connectivity index (χ0) is 10.8. The first-order valence-electron chi connectivity index (χ1n) is 4.27. The van der Waals surface area contributed by atoms with Gasteiger partial charge in [0.2, 0.25) is 5.78 Å². The van der Waals surface area contributed by atoms with Crippen molar-refractivity contribution in [2.45, 2.75) is 13.5 Å². The van der Waals surface area contributed by atoms with Crippen LogP contribution in [0.5, 0.6) is 0 Å². The van der Waals surface area contributed by atoms with E-state index in [1.54, 1.807) is 4.68 Å². The van der Waals surface area contributed by atoms with E-state index in [1.165, 1.54) is 12.4 Å². The summed E-state index contributed by atoms with van der Waals surface area (Å²) >= 11 is 6.88. The molecule has 2 aromatic heterocycles. The number of carbonyl (C=O) groups excluding carboxylic acids is 1. The average Bonchev–Trinajstić information content (AvgIpc) is 2.85. The zero-order valence-electron chi connectivity index (χ0n) is 7.85. The molecular weight excluding hydrogens is 236 g/mol. The van der Waals surface area contributed by atoms with E-state index in [1.807, 2.05) is 6.92 Å². The summed E-state index contributed by atoms with van der Waals surface area (Å²) in [6.45, 7) is 2.48. The van der Waals surface area contributed by atoms with Gasteiger partial charge in [-0.25, -0.2) is 0 Å². The first-order chi connectivity index (χ1) is 7.24. The largest absolute Gasteiger partial charge is 0.285 e. The molecule has 2 rings (SSSR count). The Morgan fingerprint density at radius 3 is 3.00 bits per heavy atom. The predicted molar refractivity (Wildman–Crippen MR) is 56.3 cm³/mol. The molecule has 0 radical (unpaired) electrons. The minimum absolute atomic E-state index is 0.242. The van der Waals surface area contributed by atoms with Crippen LogP contribution in [0.15, 0.2) is 12.4 Å². The third-order valence-electron chi connectivity index (χ3n) is 1.90. The quantitative estimate of drug-likeness (QED) is 0.768. The smallest absolute Gasteiger partial charge is 0.233 e. The van der Waals surface area contributed by atoms with Crippen molar-refractivity contribution < 1.29 is 4.79 Å². The van der Waals surface area contributed by atoms with Gasteiger partial charge >= 0.3 is 0 Å². The van der Waals surface area contributed by atoms with Crippen molar-refractivity contribution in [1.82, 2.24) is 18.5 Å². The first-order valence-corrected chi connectivity index (χ1v) is 5.38. The van der Waals surface area contributed by atoms with E-state index in [0.29, 0.717) is 23.0 Å². The second-order valence-corrected chi connectivity index (χ2v) is 3.74. The summed E-state index contributed by atoms with van der Waals surface area (Å²) in [5.41, 5.74) is 0.670. The van der Waals surface area contributed by atoms with Gasteiger partial charge in [0, 0.05) is 6.54 Å². The van der Waals surface area contributed by atoms with Gasteiger partial charge in [-0.05, 0) is 6.92 Å². The SMILES string of the molecule is CCn1ncc(Cl)c1C(=O)c1cnsn1. The molecular formula is C8H7ClN4OS. The Balaban J connectivity index is 2.45. The van der Waals surface area contributed by atoms with E-state index < -0.39 is 0 Å². The number of aromatic nitrogens is 4. The van der Waals surface area contributed by atoms with Gasteiger partial charge in [0.1, 0.15) is 11.4 Å². The highest BCUT2D eigenvalue weighted by Gasteiger charge is 2.20. The lowest BCUT2D eigenvalue weighted by Crippen LogP contribution is -2.11. The Morgan fingerprint density at radius 2 is 2.40 bits per heavy atom. The van der Waals surface area contributed by atoms with Gasteiger partial charge in [0.05, 0.1) is 29.1 Å². The van der Waals surface area contributed by atoms with E-state index in [4.69, 9.17) is 11.6 Å². The van der Waals surface area contributed by atoms with E-state index in [9.17, 15) is 4.79 Å². The average molecular weight is 243 g/mol. The Hall–Kier alpha value is -1.27. The van der Waals surface area contributed by atoms with Crippen LogP contribution in [0.4, 0.5) is 0 Å². The second-order valence-electron chi connectivity index (χ2n) is 2.78. The summed E-state index contributed by atoms with van der Waals surface area (Å²) in [5.74, 6) is -0.242. The molecule has 0 bridgehead atoms. The number of hydrogen-bond acceptors (Lipinski definition) is 5. The molecule has 0 aliphatic heterocycles. The van der Waals surface area contributed by atoms with Gasteiger partial charge in [0.25, 0.3) is 0 Å². The van der Waals surface area contributed by atoms with Crippen molar-refractivity contribution in [3.05, 3.63) is 28.8 Å². The van der Waals surface area contributed by atoms with Crippen LogP contribution < -0.4 is 0 Å². The molecule has 0 saturated carbocycles. The topological polar surface area (TPSA) is 60.7 Å². The number of halogens is 1. The number of nitrogens with zero attached hydrogens (tertiary/aromatic N) is 4. The molecule has 0 atom stereocenters. The summed E-state index contributed by atoms with van der Waals surface area (Å²) in [6.07, 6.45) is 2.88. The third kappa shape index (κ3) is 1.78. The van der Waals surface area contributed by atoms with Crippen molar-refractivity contribution in [2.24, 2.45) is 0 Å². The fourth-order valence-corrected chi connectivity index (χ4v) is 1.85. The van der Waals surface area contributed by atoms with Gasteiger partial charge in [-0.2, -0.15) is 13.8 Å². The van der Waals surface area contributed by atoms with E-state index in [2.05, 4.69) is 13.8 Å². The fourth-order valence-electron chi connectivity index (χ4n) is 1.21. The van der Waals surface area contributed by atoms with Gasteiger partial charge < -0.3 is 0 Å². The maximum Gasteiger partial charge on any atom is 0.233 e. The molecule has 78 valence electrons. The highest BCUT2D eigenvalue weighted by atomic mass is 35.5. The van der Waals surface area contributed by atoms with Crippen LogP contribution in [0, 0.1) is 0 Å². The van der Waals surface area contributed by atoms with Gasteiger partial charge in [-0.1, -0.05) is 11.6 Å². The van der Waals surface area contributed by atoms with Crippen LogP contribution >= 0.6 is 23.3 Å². The summed E-state index contributed by atoms with van der Waals surface area (Å²) in [5, 5.41) is 4.33. The lowest BCUT2D eigenvalue weighted by Gasteiger charge is -2.01. The van der Waals surface area contributed by atoms with Crippen molar-refractivity contribution in [3.8, 4) is 0 Å². The number of carbonyl (C=O) groups is 1. The number of hydrogen-bond donors (Lipinski definition) is 0. The summed E-state index contributed by atoms with van der Waals surface area (Å²) in [6, 6.07) is 0. The van der Waals surface area contributed by atoms with Gasteiger partial charge in [-0.15, -0.1) is 0 Å². The van der Waals surface area contributed by atoms with Crippen LogP contribution in [0.3, 0.4) is 0 Å². The number of ketones is 1. The fraction of sp³-hybridized carbons (Fsp3) is 0.250. The van der Waals surface area contributed by atoms with Crippen LogP contribution in [-0.4, -0.2) is 24.3 Å². The molecule has 0 fully saturated rings. The lowest BCUT2D eigenvalue weighted by atomic mass is 10.2. The highest BCUT2D eigenvalue weighted by Crippen LogP contribution is 2.18. The summed E-state index contributed by atoms with van der Waals surface area (Å²) in [7, 11) is 0. The van der Waals surface area contributed by atoms with Crippen molar-refractivity contribution in [2.75, 3.05) is 0 Å². The van der Waals surface area contributed by atoms with Crippen LogP contribution in [0.25, 0.3) is 0 Å². The Kier molecular flexibility index (Phi) is 2.79. The van der Waals surface area contributed by atoms with Crippen LogP contribution in [0.2, 0.25) is 5.02 Å². The molecule has 0 saturated heterocycles. The van der Waals surface area contributed by atoms with E-state index in [0.717, 1.165) is 11.7 Å². The molecule has 7 heteroatoms. The molecule has 0 aliphatic carbocycles. The molecule has 0 spiro atoms. The molecule has 0 aromatic carbocycles.